The average molecular weight is 330 g/mol. The number of carbonyl (C=O) groups excluding carboxylic acids is 1. The number of nitrogens with zero attached hydrogens (tertiary/aromatic N) is 4. The second-order valence-corrected chi connectivity index (χ2v) is 6.74. The molecule has 1 aromatic carbocycles. The van der Waals surface area contributed by atoms with Crippen LogP contribution in [0.15, 0.2) is 24.3 Å². The number of amides is 1. The van der Waals surface area contributed by atoms with Gasteiger partial charge in [-0.05, 0) is 37.6 Å². The third kappa shape index (κ3) is 3.14. The fraction of sp³-hybridized carbons (Fsp3) is 0.556. The molecule has 1 amide bonds. The molecule has 1 aromatic rings. The Morgan fingerprint density at radius 3 is 2.46 bits per heavy atom. The number of halogens is 1. The standard InChI is InChI=1S/C18H23FN4O/c1-21-12-13-23(11-8-20)17(24)18(21)6-9-22(10-7-18)14-15-2-4-16(19)5-3-15/h2-5H,6-7,9-14H2,1H3. The van der Waals surface area contributed by atoms with Gasteiger partial charge in [0.05, 0.1) is 6.07 Å². The Balaban J connectivity index is 1.65. The summed E-state index contributed by atoms with van der Waals surface area (Å²) in [7, 11) is 2.01. The smallest absolute Gasteiger partial charge is 0.244 e. The van der Waals surface area contributed by atoms with E-state index in [9.17, 15) is 9.18 Å². The fourth-order valence-electron chi connectivity index (χ4n) is 3.80. The molecule has 128 valence electrons. The van der Waals surface area contributed by atoms with E-state index in [-0.39, 0.29) is 18.3 Å². The Morgan fingerprint density at radius 1 is 1.17 bits per heavy atom. The summed E-state index contributed by atoms with van der Waals surface area (Å²) < 4.78 is 13.0. The fourth-order valence-corrected chi connectivity index (χ4v) is 3.80. The van der Waals surface area contributed by atoms with Gasteiger partial charge in [-0.2, -0.15) is 5.26 Å². The zero-order chi connectivity index (χ0) is 17.2. The quantitative estimate of drug-likeness (QED) is 0.788. The number of likely N-dealkylation sites (N-methyl/N-ethyl adjacent to an activating group) is 1. The van der Waals surface area contributed by atoms with Crippen molar-refractivity contribution < 1.29 is 9.18 Å². The Labute approximate surface area is 142 Å². The number of rotatable bonds is 3. The molecule has 0 radical (unpaired) electrons. The molecule has 0 saturated carbocycles. The summed E-state index contributed by atoms with van der Waals surface area (Å²) >= 11 is 0. The minimum Gasteiger partial charge on any atom is -0.326 e. The van der Waals surface area contributed by atoms with Crippen molar-refractivity contribution in [3.63, 3.8) is 0 Å². The van der Waals surface area contributed by atoms with Crippen LogP contribution in [0.1, 0.15) is 18.4 Å². The van der Waals surface area contributed by atoms with Gasteiger partial charge in [0.1, 0.15) is 17.9 Å². The molecule has 6 heteroatoms. The summed E-state index contributed by atoms with van der Waals surface area (Å²) in [6.45, 7) is 4.04. The first kappa shape index (κ1) is 16.9. The number of hydrogen-bond donors (Lipinski definition) is 0. The topological polar surface area (TPSA) is 50.6 Å². The number of piperazine rings is 1. The van der Waals surface area contributed by atoms with Gasteiger partial charge in [0.25, 0.3) is 0 Å². The molecule has 5 nitrogen and oxygen atoms in total. The first-order chi connectivity index (χ1) is 11.5. The summed E-state index contributed by atoms with van der Waals surface area (Å²) in [4.78, 5) is 19.0. The van der Waals surface area contributed by atoms with Crippen molar-refractivity contribution in [3.8, 4) is 6.07 Å². The largest absolute Gasteiger partial charge is 0.326 e. The van der Waals surface area contributed by atoms with Gasteiger partial charge in [-0.3, -0.25) is 14.6 Å². The molecule has 2 aliphatic rings. The van der Waals surface area contributed by atoms with Gasteiger partial charge in [-0.15, -0.1) is 0 Å². The van der Waals surface area contributed by atoms with Gasteiger partial charge >= 0.3 is 0 Å². The zero-order valence-electron chi connectivity index (χ0n) is 14.0. The maximum Gasteiger partial charge on any atom is 0.244 e. The Bertz CT molecular complexity index is 631. The van der Waals surface area contributed by atoms with E-state index in [4.69, 9.17) is 5.26 Å². The lowest BCUT2D eigenvalue weighted by Crippen LogP contribution is -2.67. The molecule has 0 aliphatic carbocycles. The predicted molar refractivity (Wildman–Crippen MR) is 88.5 cm³/mol. The molecule has 0 bridgehead atoms. The van der Waals surface area contributed by atoms with Gasteiger partial charge in [0.15, 0.2) is 0 Å². The van der Waals surface area contributed by atoms with E-state index in [2.05, 4.69) is 15.9 Å². The van der Waals surface area contributed by atoms with E-state index < -0.39 is 5.54 Å². The summed E-state index contributed by atoms with van der Waals surface area (Å²) in [5, 5.41) is 8.92. The Kier molecular flexibility index (Phi) is 4.83. The van der Waals surface area contributed by atoms with Crippen molar-refractivity contribution in [1.29, 1.82) is 5.26 Å². The molecule has 1 spiro atoms. The highest BCUT2D eigenvalue weighted by molar-refractivity contribution is 5.87. The molecular formula is C18H23FN4O. The molecule has 0 unspecified atom stereocenters. The minimum absolute atomic E-state index is 0.0965. The maximum atomic E-state index is 13.0. The van der Waals surface area contributed by atoms with Gasteiger partial charge in [0.2, 0.25) is 5.91 Å². The Morgan fingerprint density at radius 2 is 1.83 bits per heavy atom. The Hall–Kier alpha value is -1.97. The highest BCUT2D eigenvalue weighted by Gasteiger charge is 2.49. The first-order valence-electron chi connectivity index (χ1n) is 8.39. The minimum atomic E-state index is -0.464. The summed E-state index contributed by atoms with van der Waals surface area (Å²) in [5.74, 6) is -0.123. The lowest BCUT2D eigenvalue weighted by Gasteiger charge is -2.51. The lowest BCUT2D eigenvalue weighted by molar-refractivity contribution is -0.153. The SMILES string of the molecule is CN1CCN(CC#N)C(=O)C12CCN(Cc1ccc(F)cc1)CC2. The van der Waals surface area contributed by atoms with Crippen molar-refractivity contribution in [2.24, 2.45) is 0 Å². The van der Waals surface area contributed by atoms with Crippen molar-refractivity contribution in [2.75, 3.05) is 39.8 Å². The molecule has 0 aromatic heterocycles. The van der Waals surface area contributed by atoms with Gasteiger partial charge < -0.3 is 4.90 Å². The van der Waals surface area contributed by atoms with Gasteiger partial charge in [-0.1, -0.05) is 12.1 Å². The van der Waals surface area contributed by atoms with Crippen LogP contribution in [0.25, 0.3) is 0 Å². The average Bonchev–Trinajstić information content (AvgIpc) is 2.59. The van der Waals surface area contributed by atoms with Crippen LogP contribution in [0.2, 0.25) is 0 Å². The third-order valence-corrected chi connectivity index (χ3v) is 5.39. The molecule has 2 aliphatic heterocycles. The highest BCUT2D eigenvalue weighted by atomic mass is 19.1. The normalized spacial score (nSPS) is 21.9. The number of benzene rings is 1. The van der Waals surface area contributed by atoms with Crippen molar-refractivity contribution in [3.05, 3.63) is 35.6 Å². The van der Waals surface area contributed by atoms with Crippen molar-refractivity contribution in [1.82, 2.24) is 14.7 Å². The number of nitriles is 1. The monoisotopic (exact) mass is 330 g/mol. The maximum absolute atomic E-state index is 13.0. The predicted octanol–water partition coefficient (Wildman–Crippen LogP) is 1.46. The van der Waals surface area contributed by atoms with Crippen LogP contribution in [0.4, 0.5) is 4.39 Å². The summed E-state index contributed by atoms with van der Waals surface area (Å²) in [5.41, 5.74) is 0.621. The lowest BCUT2D eigenvalue weighted by atomic mass is 9.82. The zero-order valence-corrected chi connectivity index (χ0v) is 14.0. The summed E-state index contributed by atoms with van der Waals surface area (Å²) in [6.07, 6.45) is 1.54. The van der Waals surface area contributed by atoms with Gasteiger partial charge in [0, 0.05) is 32.7 Å². The number of carbonyl (C=O) groups is 1. The third-order valence-electron chi connectivity index (χ3n) is 5.39. The van der Waals surface area contributed by atoms with E-state index >= 15 is 0 Å². The molecule has 2 saturated heterocycles. The molecule has 0 atom stereocenters. The van der Waals surface area contributed by atoms with Crippen LogP contribution in [0, 0.1) is 17.1 Å². The van der Waals surface area contributed by atoms with E-state index in [1.165, 1.54) is 12.1 Å². The molecule has 0 N–H and O–H groups in total. The van der Waals surface area contributed by atoms with Crippen molar-refractivity contribution >= 4 is 5.91 Å². The van der Waals surface area contributed by atoms with Crippen LogP contribution in [0.5, 0.6) is 0 Å². The molecular weight excluding hydrogens is 307 g/mol. The number of hydrogen-bond acceptors (Lipinski definition) is 4. The summed E-state index contributed by atoms with van der Waals surface area (Å²) in [6, 6.07) is 8.69. The second-order valence-electron chi connectivity index (χ2n) is 6.74. The molecule has 3 rings (SSSR count). The van der Waals surface area contributed by atoms with E-state index in [1.807, 2.05) is 19.2 Å². The van der Waals surface area contributed by atoms with Crippen LogP contribution in [0.3, 0.4) is 0 Å². The van der Waals surface area contributed by atoms with Crippen LogP contribution >= 0.6 is 0 Å². The van der Waals surface area contributed by atoms with Crippen LogP contribution in [-0.2, 0) is 11.3 Å². The van der Waals surface area contributed by atoms with E-state index in [0.717, 1.165) is 44.6 Å². The van der Waals surface area contributed by atoms with Gasteiger partial charge in [-0.25, -0.2) is 4.39 Å². The molecule has 24 heavy (non-hydrogen) atoms. The molecule has 2 heterocycles. The van der Waals surface area contributed by atoms with Crippen LogP contribution in [-0.4, -0.2) is 65.9 Å². The number of likely N-dealkylation sites (tertiary alicyclic amines) is 1. The van der Waals surface area contributed by atoms with Crippen molar-refractivity contribution in [2.45, 2.75) is 24.9 Å². The first-order valence-corrected chi connectivity index (χ1v) is 8.39. The van der Waals surface area contributed by atoms with Crippen LogP contribution < -0.4 is 0 Å². The molecule has 2 fully saturated rings. The van der Waals surface area contributed by atoms with E-state index in [1.54, 1.807) is 4.90 Å². The van der Waals surface area contributed by atoms with E-state index in [0.29, 0.717) is 6.54 Å². The second kappa shape index (κ2) is 6.88. The highest BCUT2D eigenvalue weighted by Crippen LogP contribution is 2.33. The number of piperidine rings is 1.